The number of rotatable bonds is 3. The number of nitrogens with zero attached hydrogens (tertiary/aromatic N) is 5. The van der Waals surface area contributed by atoms with Gasteiger partial charge >= 0.3 is 0 Å². The van der Waals surface area contributed by atoms with Crippen molar-refractivity contribution in [3.8, 4) is 0 Å². The van der Waals surface area contributed by atoms with Crippen LogP contribution in [0.4, 0.5) is 5.82 Å². The molecule has 0 aliphatic carbocycles. The van der Waals surface area contributed by atoms with Gasteiger partial charge in [-0.15, -0.1) is 15.3 Å². The van der Waals surface area contributed by atoms with Crippen LogP contribution in [0.15, 0.2) is 36.4 Å². The molecule has 0 bridgehead atoms. The van der Waals surface area contributed by atoms with Crippen molar-refractivity contribution in [2.45, 2.75) is 25.8 Å². The first-order valence-corrected chi connectivity index (χ1v) is 8.99. The summed E-state index contributed by atoms with van der Waals surface area (Å²) in [6.07, 6.45) is 1.72. The Labute approximate surface area is 156 Å². The fourth-order valence-electron chi connectivity index (χ4n) is 3.22. The number of fused-ring (bicyclic) bond motifs is 1. The zero-order valence-electron chi connectivity index (χ0n) is 14.4. The van der Waals surface area contributed by atoms with Gasteiger partial charge in [0.05, 0.1) is 10.6 Å². The monoisotopic (exact) mass is 370 g/mol. The number of hydrogen-bond donors (Lipinski definition) is 1. The number of halogens is 1. The molecule has 8 heteroatoms. The van der Waals surface area contributed by atoms with Crippen LogP contribution in [-0.2, 0) is 0 Å². The number of hydrogen-bond acceptors (Lipinski definition) is 5. The number of aromatic nitrogens is 4. The second-order valence-electron chi connectivity index (χ2n) is 6.42. The molecule has 1 N–H and O–H groups in total. The molecule has 0 spiro atoms. The fraction of sp³-hybridized carbons (Fsp3) is 0.333. The van der Waals surface area contributed by atoms with Crippen LogP contribution in [0.3, 0.4) is 0 Å². The maximum atomic E-state index is 12.4. The molecule has 1 fully saturated rings. The Morgan fingerprint density at radius 2 is 1.92 bits per heavy atom. The van der Waals surface area contributed by atoms with Crippen molar-refractivity contribution in [3.63, 3.8) is 0 Å². The van der Waals surface area contributed by atoms with E-state index in [1.54, 1.807) is 16.6 Å². The van der Waals surface area contributed by atoms with E-state index in [4.69, 9.17) is 11.6 Å². The minimum absolute atomic E-state index is 0.117. The highest BCUT2D eigenvalue weighted by Crippen LogP contribution is 2.20. The van der Waals surface area contributed by atoms with Crippen molar-refractivity contribution in [1.29, 1.82) is 0 Å². The number of anilines is 1. The van der Waals surface area contributed by atoms with Crippen LogP contribution in [0.2, 0.25) is 5.02 Å². The van der Waals surface area contributed by atoms with Crippen LogP contribution in [0.25, 0.3) is 5.65 Å². The normalized spacial score (nSPS) is 15.4. The summed E-state index contributed by atoms with van der Waals surface area (Å²) in [5.41, 5.74) is 1.26. The van der Waals surface area contributed by atoms with E-state index >= 15 is 0 Å². The van der Waals surface area contributed by atoms with Gasteiger partial charge in [0.2, 0.25) is 0 Å². The van der Waals surface area contributed by atoms with Crippen LogP contribution >= 0.6 is 11.6 Å². The van der Waals surface area contributed by atoms with Crippen LogP contribution in [0, 0.1) is 6.92 Å². The Morgan fingerprint density at radius 1 is 1.15 bits per heavy atom. The summed E-state index contributed by atoms with van der Waals surface area (Å²) in [6, 6.07) is 11.1. The number of aryl methyl sites for hydroxylation is 1. The van der Waals surface area contributed by atoms with E-state index in [9.17, 15) is 4.79 Å². The maximum Gasteiger partial charge on any atom is 0.253 e. The van der Waals surface area contributed by atoms with E-state index in [1.807, 2.05) is 31.2 Å². The molecule has 1 saturated heterocycles. The summed E-state index contributed by atoms with van der Waals surface area (Å²) >= 11 is 6.10. The van der Waals surface area contributed by atoms with Crippen LogP contribution in [0.1, 0.15) is 29.0 Å². The number of carbonyl (C=O) groups excluding carboxylic acids is 1. The standard InChI is InChI=1S/C18H19ClN6O/c1-12-21-22-16-6-7-17(23-25(12)16)24-10-8-13(9-11-24)20-18(26)14-4-2-3-5-15(14)19/h2-7,13H,8-11H2,1H3,(H,20,26). The lowest BCUT2D eigenvalue weighted by molar-refractivity contribution is 0.0931. The van der Waals surface area contributed by atoms with Gasteiger partial charge in [-0.25, -0.2) is 0 Å². The lowest BCUT2D eigenvalue weighted by atomic mass is 10.0. The van der Waals surface area contributed by atoms with Gasteiger partial charge in [-0.2, -0.15) is 4.52 Å². The highest BCUT2D eigenvalue weighted by Gasteiger charge is 2.23. The van der Waals surface area contributed by atoms with Gasteiger partial charge in [-0.3, -0.25) is 4.79 Å². The minimum atomic E-state index is -0.117. The van der Waals surface area contributed by atoms with Gasteiger partial charge < -0.3 is 10.2 Å². The van der Waals surface area contributed by atoms with Gasteiger partial charge in [0.15, 0.2) is 11.5 Å². The average Bonchev–Trinajstić information content (AvgIpc) is 3.03. The Hall–Kier alpha value is -2.67. The first-order valence-electron chi connectivity index (χ1n) is 8.61. The molecular weight excluding hydrogens is 352 g/mol. The van der Waals surface area contributed by atoms with E-state index in [0.717, 1.165) is 43.2 Å². The van der Waals surface area contributed by atoms with E-state index in [-0.39, 0.29) is 11.9 Å². The average molecular weight is 371 g/mol. The second kappa shape index (κ2) is 6.92. The summed E-state index contributed by atoms with van der Waals surface area (Å²) in [6.45, 7) is 3.54. The van der Waals surface area contributed by atoms with Gasteiger partial charge in [0.1, 0.15) is 5.82 Å². The first kappa shape index (κ1) is 16.8. The quantitative estimate of drug-likeness (QED) is 0.766. The molecule has 0 radical (unpaired) electrons. The lowest BCUT2D eigenvalue weighted by Crippen LogP contribution is -2.45. The van der Waals surface area contributed by atoms with Crippen LogP contribution < -0.4 is 10.2 Å². The third kappa shape index (κ3) is 3.22. The number of amides is 1. The second-order valence-corrected chi connectivity index (χ2v) is 6.83. The summed E-state index contributed by atoms with van der Waals surface area (Å²) in [7, 11) is 0. The summed E-state index contributed by atoms with van der Waals surface area (Å²) in [5.74, 6) is 1.55. The van der Waals surface area contributed by atoms with Crippen LogP contribution in [0.5, 0.6) is 0 Å². The van der Waals surface area contributed by atoms with Gasteiger partial charge in [-0.1, -0.05) is 23.7 Å². The zero-order valence-corrected chi connectivity index (χ0v) is 15.1. The molecule has 3 aromatic rings. The molecule has 2 aromatic heterocycles. The van der Waals surface area contributed by atoms with Gasteiger partial charge in [0.25, 0.3) is 5.91 Å². The molecule has 134 valence electrons. The largest absolute Gasteiger partial charge is 0.355 e. The maximum absolute atomic E-state index is 12.4. The Kier molecular flexibility index (Phi) is 4.46. The van der Waals surface area contributed by atoms with E-state index < -0.39 is 0 Å². The van der Waals surface area contributed by atoms with Gasteiger partial charge in [0, 0.05) is 19.1 Å². The molecule has 1 aliphatic heterocycles. The predicted molar refractivity (Wildman–Crippen MR) is 99.7 cm³/mol. The summed E-state index contributed by atoms with van der Waals surface area (Å²) in [4.78, 5) is 14.6. The van der Waals surface area contributed by atoms with E-state index in [1.165, 1.54) is 0 Å². The number of carbonyl (C=O) groups is 1. The third-order valence-corrected chi connectivity index (χ3v) is 5.01. The predicted octanol–water partition coefficient (Wildman–Crippen LogP) is 2.48. The van der Waals surface area contributed by atoms with Crippen molar-refractivity contribution >= 4 is 29.0 Å². The van der Waals surface area contributed by atoms with Crippen molar-refractivity contribution in [2.75, 3.05) is 18.0 Å². The smallest absolute Gasteiger partial charge is 0.253 e. The van der Waals surface area contributed by atoms with E-state index in [2.05, 4.69) is 25.5 Å². The number of nitrogens with one attached hydrogen (secondary N) is 1. The van der Waals surface area contributed by atoms with Crippen molar-refractivity contribution in [1.82, 2.24) is 25.1 Å². The molecule has 26 heavy (non-hydrogen) atoms. The third-order valence-electron chi connectivity index (χ3n) is 4.68. The van der Waals surface area contributed by atoms with Crippen molar-refractivity contribution < 1.29 is 4.79 Å². The molecule has 1 aliphatic rings. The molecule has 4 rings (SSSR count). The minimum Gasteiger partial charge on any atom is -0.355 e. The molecule has 0 saturated carbocycles. The van der Waals surface area contributed by atoms with E-state index in [0.29, 0.717) is 10.6 Å². The summed E-state index contributed by atoms with van der Waals surface area (Å²) in [5, 5.41) is 16.3. The zero-order chi connectivity index (χ0) is 18.1. The van der Waals surface area contributed by atoms with Crippen molar-refractivity contribution in [2.24, 2.45) is 0 Å². The molecular formula is C18H19ClN6O. The number of benzene rings is 1. The molecule has 1 amide bonds. The fourth-order valence-corrected chi connectivity index (χ4v) is 3.44. The SMILES string of the molecule is Cc1nnc2ccc(N3CCC(NC(=O)c4ccccc4Cl)CC3)nn12. The Morgan fingerprint density at radius 3 is 2.69 bits per heavy atom. The Bertz CT molecular complexity index is 948. The highest BCUT2D eigenvalue weighted by molar-refractivity contribution is 6.33. The summed E-state index contributed by atoms with van der Waals surface area (Å²) < 4.78 is 1.75. The molecule has 3 heterocycles. The molecule has 0 atom stereocenters. The van der Waals surface area contributed by atoms with Crippen LogP contribution in [-0.4, -0.2) is 44.8 Å². The van der Waals surface area contributed by atoms with Crippen molar-refractivity contribution in [3.05, 3.63) is 52.8 Å². The Balaban J connectivity index is 1.40. The lowest BCUT2D eigenvalue weighted by Gasteiger charge is -2.33. The number of piperidine rings is 1. The molecule has 1 aromatic carbocycles. The molecule has 7 nitrogen and oxygen atoms in total. The first-order chi connectivity index (χ1) is 12.6. The molecule has 0 unspecified atom stereocenters. The van der Waals surface area contributed by atoms with Gasteiger partial charge in [-0.05, 0) is 44.0 Å². The topological polar surface area (TPSA) is 75.4 Å². The highest BCUT2D eigenvalue weighted by atomic mass is 35.5.